The first kappa shape index (κ1) is 14.4. The number of nitrogens with zero attached hydrogens (tertiary/aromatic N) is 1. The van der Waals surface area contributed by atoms with Crippen LogP contribution in [0.1, 0.15) is 0 Å². The van der Waals surface area contributed by atoms with Crippen LogP contribution in [0.4, 0.5) is 16.2 Å². The third kappa shape index (κ3) is 3.97. The average molecular weight is 285 g/mol. The number of hydrogen-bond acceptors (Lipinski definition) is 3. The van der Waals surface area contributed by atoms with Gasteiger partial charge in [-0.25, -0.2) is 15.2 Å². The number of rotatable bonds is 5. The second-order valence-electron chi connectivity index (χ2n) is 4.11. The molecular weight excluding hydrogens is 270 g/mol. The van der Waals surface area contributed by atoms with Gasteiger partial charge >= 0.3 is 6.03 Å². The molecular formula is C15H15N3O3. The molecule has 3 amide bonds. The Kier molecular flexibility index (Phi) is 4.76. The molecule has 6 nitrogen and oxygen atoms in total. The number of carbonyl (C=O) groups excluding carboxylic acids is 2. The van der Waals surface area contributed by atoms with Crippen LogP contribution in [-0.2, 0) is 4.79 Å². The minimum Gasteiger partial charge on any atom is -0.497 e. The van der Waals surface area contributed by atoms with Gasteiger partial charge < -0.3 is 10.1 Å². The lowest BCUT2D eigenvalue weighted by Crippen LogP contribution is -2.43. The summed E-state index contributed by atoms with van der Waals surface area (Å²) in [4.78, 5) is 22.9. The minimum atomic E-state index is -0.517. The Morgan fingerprint density at radius 1 is 1.10 bits per heavy atom. The van der Waals surface area contributed by atoms with Crippen molar-refractivity contribution < 1.29 is 14.3 Å². The Hall–Kier alpha value is -3.02. The van der Waals surface area contributed by atoms with Gasteiger partial charge in [0.15, 0.2) is 0 Å². The molecule has 2 aromatic rings. The molecule has 0 fully saturated rings. The molecule has 2 rings (SSSR count). The van der Waals surface area contributed by atoms with Crippen molar-refractivity contribution in [1.82, 2.24) is 5.43 Å². The van der Waals surface area contributed by atoms with Crippen LogP contribution in [0.5, 0.6) is 5.75 Å². The predicted molar refractivity (Wildman–Crippen MR) is 80.1 cm³/mol. The zero-order valence-electron chi connectivity index (χ0n) is 11.4. The van der Waals surface area contributed by atoms with Crippen molar-refractivity contribution in [3.8, 4) is 5.75 Å². The molecule has 0 radical (unpaired) electrons. The summed E-state index contributed by atoms with van der Waals surface area (Å²) in [6.07, 6.45) is 0.531. The summed E-state index contributed by atoms with van der Waals surface area (Å²) in [6.45, 7) is 0. The molecule has 0 saturated carbocycles. The SMILES string of the molecule is COc1ccc(NC(=O)NN(C=O)c2ccccc2)cc1. The monoisotopic (exact) mass is 285 g/mol. The Morgan fingerprint density at radius 3 is 2.33 bits per heavy atom. The summed E-state index contributed by atoms with van der Waals surface area (Å²) < 4.78 is 5.03. The van der Waals surface area contributed by atoms with Crippen LogP contribution in [0.3, 0.4) is 0 Å². The van der Waals surface area contributed by atoms with Gasteiger partial charge in [-0.3, -0.25) is 4.79 Å². The fraction of sp³-hybridized carbons (Fsp3) is 0.0667. The van der Waals surface area contributed by atoms with E-state index in [2.05, 4.69) is 10.7 Å². The number of carbonyl (C=O) groups is 2. The van der Waals surface area contributed by atoms with Gasteiger partial charge in [-0.1, -0.05) is 18.2 Å². The van der Waals surface area contributed by atoms with E-state index in [1.165, 1.54) is 0 Å². The van der Waals surface area contributed by atoms with Crippen LogP contribution in [0.25, 0.3) is 0 Å². The summed E-state index contributed by atoms with van der Waals surface area (Å²) in [5.74, 6) is 0.694. The fourth-order valence-electron chi connectivity index (χ4n) is 1.68. The highest BCUT2D eigenvalue weighted by Gasteiger charge is 2.09. The van der Waals surface area contributed by atoms with Gasteiger partial charge in [-0.15, -0.1) is 0 Å². The van der Waals surface area contributed by atoms with E-state index in [1.54, 1.807) is 55.6 Å². The molecule has 0 atom stereocenters. The number of para-hydroxylation sites is 1. The molecule has 0 aromatic heterocycles. The van der Waals surface area contributed by atoms with E-state index < -0.39 is 6.03 Å². The molecule has 2 aromatic carbocycles. The van der Waals surface area contributed by atoms with Crippen molar-refractivity contribution in [2.45, 2.75) is 0 Å². The van der Waals surface area contributed by atoms with Crippen LogP contribution in [0, 0.1) is 0 Å². The zero-order valence-corrected chi connectivity index (χ0v) is 11.4. The molecule has 0 aliphatic heterocycles. The summed E-state index contributed by atoms with van der Waals surface area (Å²) in [5, 5.41) is 3.72. The predicted octanol–water partition coefficient (Wildman–Crippen LogP) is 2.39. The van der Waals surface area contributed by atoms with Gasteiger partial charge in [-0.2, -0.15) is 0 Å². The van der Waals surface area contributed by atoms with Crippen LogP contribution < -0.4 is 20.5 Å². The summed E-state index contributed by atoms with van der Waals surface area (Å²) >= 11 is 0. The van der Waals surface area contributed by atoms with Gasteiger partial charge in [0, 0.05) is 5.69 Å². The van der Waals surface area contributed by atoms with Crippen molar-refractivity contribution in [2.24, 2.45) is 0 Å². The van der Waals surface area contributed by atoms with Crippen molar-refractivity contribution in [3.63, 3.8) is 0 Å². The molecule has 0 bridgehead atoms. The number of urea groups is 1. The lowest BCUT2D eigenvalue weighted by atomic mass is 10.3. The highest BCUT2D eigenvalue weighted by atomic mass is 16.5. The molecule has 0 spiro atoms. The lowest BCUT2D eigenvalue weighted by Gasteiger charge is -2.18. The van der Waals surface area contributed by atoms with Crippen LogP contribution in [0.15, 0.2) is 54.6 Å². The smallest absolute Gasteiger partial charge is 0.338 e. The van der Waals surface area contributed by atoms with E-state index in [1.807, 2.05) is 6.07 Å². The van der Waals surface area contributed by atoms with Gasteiger partial charge in [0.05, 0.1) is 12.8 Å². The quantitative estimate of drug-likeness (QED) is 0.654. The number of ether oxygens (including phenoxy) is 1. The van der Waals surface area contributed by atoms with E-state index in [-0.39, 0.29) is 0 Å². The molecule has 0 heterocycles. The molecule has 0 aliphatic rings. The van der Waals surface area contributed by atoms with Gasteiger partial charge in [-0.05, 0) is 36.4 Å². The second kappa shape index (κ2) is 6.95. The van der Waals surface area contributed by atoms with Gasteiger partial charge in [0.1, 0.15) is 5.75 Å². The molecule has 0 unspecified atom stereocenters. The molecule has 108 valence electrons. The topological polar surface area (TPSA) is 70.7 Å². The molecule has 0 aliphatic carbocycles. The van der Waals surface area contributed by atoms with E-state index in [0.29, 0.717) is 23.5 Å². The van der Waals surface area contributed by atoms with Crippen molar-refractivity contribution in [1.29, 1.82) is 0 Å². The number of anilines is 2. The maximum atomic E-state index is 11.9. The Labute approximate surface area is 122 Å². The van der Waals surface area contributed by atoms with E-state index in [0.717, 1.165) is 5.01 Å². The van der Waals surface area contributed by atoms with E-state index in [9.17, 15) is 9.59 Å². The number of hydrazine groups is 1. The fourth-order valence-corrected chi connectivity index (χ4v) is 1.68. The normalized spacial score (nSPS) is 9.57. The van der Waals surface area contributed by atoms with Crippen LogP contribution >= 0.6 is 0 Å². The number of nitrogens with one attached hydrogen (secondary N) is 2. The lowest BCUT2D eigenvalue weighted by molar-refractivity contribution is -0.107. The largest absolute Gasteiger partial charge is 0.497 e. The Balaban J connectivity index is 1.98. The molecule has 6 heteroatoms. The van der Waals surface area contributed by atoms with E-state index in [4.69, 9.17) is 4.74 Å². The maximum absolute atomic E-state index is 11.9. The summed E-state index contributed by atoms with van der Waals surface area (Å²) in [6, 6.07) is 15.1. The number of hydrogen-bond donors (Lipinski definition) is 2. The van der Waals surface area contributed by atoms with Gasteiger partial charge in [0.25, 0.3) is 0 Å². The van der Waals surface area contributed by atoms with Crippen molar-refractivity contribution >= 4 is 23.8 Å². The first-order valence-electron chi connectivity index (χ1n) is 6.24. The van der Waals surface area contributed by atoms with E-state index >= 15 is 0 Å². The molecule has 0 saturated heterocycles. The highest BCUT2D eigenvalue weighted by molar-refractivity contribution is 5.93. The maximum Gasteiger partial charge on any atom is 0.338 e. The summed E-state index contributed by atoms with van der Waals surface area (Å²) in [5.41, 5.74) is 3.60. The zero-order chi connectivity index (χ0) is 15.1. The number of methoxy groups -OCH3 is 1. The second-order valence-corrected chi connectivity index (χ2v) is 4.11. The number of benzene rings is 2. The van der Waals surface area contributed by atoms with Crippen molar-refractivity contribution in [2.75, 3.05) is 17.4 Å². The third-order valence-corrected chi connectivity index (χ3v) is 2.71. The van der Waals surface area contributed by atoms with Crippen molar-refractivity contribution in [3.05, 3.63) is 54.6 Å². The minimum absolute atomic E-state index is 0.517. The van der Waals surface area contributed by atoms with Gasteiger partial charge in [0.2, 0.25) is 6.41 Å². The van der Waals surface area contributed by atoms with Crippen LogP contribution in [-0.4, -0.2) is 19.6 Å². The first-order chi connectivity index (χ1) is 10.2. The average Bonchev–Trinajstić information content (AvgIpc) is 2.54. The number of amides is 3. The first-order valence-corrected chi connectivity index (χ1v) is 6.24. The standard InChI is InChI=1S/C15H15N3O3/c1-21-14-9-7-12(8-10-14)16-15(20)17-18(11-19)13-5-3-2-4-6-13/h2-11H,1H3,(H2,16,17,20). The Morgan fingerprint density at radius 2 is 1.76 bits per heavy atom. The molecule has 21 heavy (non-hydrogen) atoms. The molecule has 2 N–H and O–H groups in total. The Bertz CT molecular complexity index is 599. The highest BCUT2D eigenvalue weighted by Crippen LogP contribution is 2.15. The third-order valence-electron chi connectivity index (χ3n) is 2.71. The summed E-state index contributed by atoms with van der Waals surface area (Å²) in [7, 11) is 1.57. The van der Waals surface area contributed by atoms with Crippen LogP contribution in [0.2, 0.25) is 0 Å².